The van der Waals surface area contributed by atoms with Gasteiger partial charge in [-0.25, -0.2) is 4.79 Å². The number of thioether (sulfide) groups is 1. The number of likely N-dealkylation sites (N-methyl/N-ethyl adjacent to an activating group) is 1. The smallest absolute Gasteiger partial charge is 0.326 e. The van der Waals surface area contributed by atoms with Crippen LogP contribution in [0.25, 0.3) is 0 Å². The number of carboxylic acids is 1. The predicted molar refractivity (Wildman–Crippen MR) is 117 cm³/mol. The summed E-state index contributed by atoms with van der Waals surface area (Å²) in [4.78, 5) is 24.8. The van der Waals surface area contributed by atoms with E-state index in [4.69, 9.17) is 0 Å². The molecule has 0 aromatic heterocycles. The molecule has 0 fully saturated rings. The van der Waals surface area contributed by atoms with Gasteiger partial charge in [-0.3, -0.25) is 4.79 Å². The maximum Gasteiger partial charge on any atom is 0.326 e. The quantitative estimate of drug-likeness (QED) is 0.377. The van der Waals surface area contributed by atoms with E-state index in [2.05, 4.69) is 6.92 Å². The summed E-state index contributed by atoms with van der Waals surface area (Å²) in [7, 11) is 1.62. The molecule has 0 aliphatic carbocycles. The van der Waals surface area contributed by atoms with Crippen molar-refractivity contribution in [2.24, 2.45) is 0 Å². The summed E-state index contributed by atoms with van der Waals surface area (Å²) in [5.41, 5.74) is 0. The molecule has 4 nitrogen and oxygen atoms in total. The Labute approximate surface area is 171 Å². The van der Waals surface area contributed by atoms with Gasteiger partial charge in [-0.2, -0.15) is 25.3 Å². The average molecular weight is 416 g/mol. The fourth-order valence-electron chi connectivity index (χ4n) is 2.65. The van der Waals surface area contributed by atoms with E-state index in [-0.39, 0.29) is 31.8 Å². The maximum atomic E-state index is 12.1. The molecule has 0 saturated carbocycles. The van der Waals surface area contributed by atoms with Crippen molar-refractivity contribution in [3.63, 3.8) is 0 Å². The molecule has 25 heavy (non-hydrogen) atoms. The summed E-state index contributed by atoms with van der Waals surface area (Å²) in [6, 6.07) is -0.687. The van der Waals surface area contributed by atoms with E-state index in [9.17, 15) is 14.7 Å². The van der Waals surface area contributed by atoms with Crippen molar-refractivity contribution >= 4 is 49.5 Å². The molecule has 0 heterocycles. The van der Waals surface area contributed by atoms with Crippen LogP contribution in [0, 0.1) is 0 Å². The van der Waals surface area contributed by atoms with E-state index in [0.717, 1.165) is 18.6 Å². The first-order valence-corrected chi connectivity index (χ1v) is 10.4. The van der Waals surface area contributed by atoms with Gasteiger partial charge < -0.3 is 10.0 Å². The summed E-state index contributed by atoms with van der Waals surface area (Å²) in [5, 5.41) is 9.25. The van der Waals surface area contributed by atoms with Crippen molar-refractivity contribution in [2.75, 3.05) is 19.1 Å². The normalized spacial score (nSPS) is 11.2. The molecular formula is C18H38ClNO3S2. The van der Waals surface area contributed by atoms with Gasteiger partial charge in [-0.05, 0) is 24.9 Å². The zero-order valence-electron chi connectivity index (χ0n) is 16.1. The number of aliphatic carboxylic acids is 1. The van der Waals surface area contributed by atoms with E-state index < -0.39 is 12.0 Å². The Morgan fingerprint density at radius 1 is 1.00 bits per heavy atom. The predicted octanol–water partition coefficient (Wildman–Crippen LogP) is 5.11. The van der Waals surface area contributed by atoms with Crippen molar-refractivity contribution < 1.29 is 14.7 Å². The largest absolute Gasteiger partial charge is 0.480 e. The van der Waals surface area contributed by atoms with Gasteiger partial charge in [0.25, 0.3) is 0 Å². The van der Waals surface area contributed by atoms with Crippen LogP contribution in [0.5, 0.6) is 0 Å². The van der Waals surface area contributed by atoms with E-state index in [0.29, 0.717) is 12.8 Å². The maximum absolute atomic E-state index is 12.1. The number of carboxylic acid groups (broad SMARTS) is 1. The lowest BCUT2D eigenvalue weighted by molar-refractivity contribution is -0.149. The highest BCUT2D eigenvalue weighted by molar-refractivity contribution is 7.98. The molecule has 7 heteroatoms. The third kappa shape index (κ3) is 15.9. The third-order valence-electron chi connectivity index (χ3n) is 4.24. The minimum atomic E-state index is -0.901. The average Bonchev–Trinajstić information content (AvgIpc) is 2.52. The van der Waals surface area contributed by atoms with Crippen LogP contribution in [0.3, 0.4) is 0 Å². The Balaban J connectivity index is -0.00000242. The van der Waals surface area contributed by atoms with Gasteiger partial charge in [0.15, 0.2) is 0 Å². The number of rotatable bonds is 15. The van der Waals surface area contributed by atoms with Gasteiger partial charge >= 0.3 is 5.97 Å². The SMILES string of the molecule is CCCCCCCCCCCC(=O)N(C)[C@@H](CCSC)C(=O)O.Cl.S. The minimum absolute atomic E-state index is 0. The molecular weight excluding hydrogens is 378 g/mol. The topological polar surface area (TPSA) is 57.6 Å². The van der Waals surface area contributed by atoms with Gasteiger partial charge in [0, 0.05) is 13.5 Å². The number of hydrogen-bond acceptors (Lipinski definition) is 3. The Bertz CT molecular complexity index is 333. The molecule has 0 aliphatic heterocycles. The lowest BCUT2D eigenvalue weighted by Crippen LogP contribution is -2.42. The Hall–Kier alpha value is -0.0700. The number of carbonyl (C=O) groups excluding carboxylic acids is 1. The second kappa shape index (κ2) is 20.2. The highest BCUT2D eigenvalue weighted by atomic mass is 35.5. The third-order valence-corrected chi connectivity index (χ3v) is 4.88. The summed E-state index contributed by atoms with van der Waals surface area (Å²) in [6.07, 6.45) is 13.9. The van der Waals surface area contributed by atoms with Gasteiger partial charge in [0.1, 0.15) is 6.04 Å². The molecule has 0 aromatic rings. The zero-order chi connectivity index (χ0) is 17.5. The summed E-state index contributed by atoms with van der Waals surface area (Å²) in [6.45, 7) is 2.23. The highest BCUT2D eigenvalue weighted by Gasteiger charge is 2.25. The molecule has 0 saturated heterocycles. The standard InChI is InChI=1S/C18H35NO3S.ClH.H2S/c1-4-5-6-7-8-9-10-11-12-13-17(20)19(2)16(18(21)22)14-15-23-3;;/h16H,4-15H2,1-3H3,(H,21,22);1H;1H2/t16-;;/m0../s1. The number of hydrogen-bond donors (Lipinski definition) is 1. The van der Waals surface area contributed by atoms with Crippen LogP contribution in [-0.4, -0.2) is 47.0 Å². The van der Waals surface area contributed by atoms with Gasteiger partial charge in [0.05, 0.1) is 0 Å². The van der Waals surface area contributed by atoms with Gasteiger partial charge in [-0.1, -0.05) is 58.3 Å². The first-order chi connectivity index (χ1) is 11.0. The highest BCUT2D eigenvalue weighted by Crippen LogP contribution is 2.13. The summed E-state index contributed by atoms with van der Waals surface area (Å²) in [5.74, 6) is -0.185. The van der Waals surface area contributed by atoms with Crippen molar-refractivity contribution in [2.45, 2.75) is 83.6 Å². The fraction of sp³-hybridized carbons (Fsp3) is 0.889. The molecule has 0 bridgehead atoms. The lowest BCUT2D eigenvalue weighted by atomic mass is 10.1. The monoisotopic (exact) mass is 415 g/mol. The second-order valence-electron chi connectivity index (χ2n) is 6.22. The molecule has 0 aliphatic rings. The van der Waals surface area contributed by atoms with Crippen LogP contribution >= 0.6 is 37.7 Å². The van der Waals surface area contributed by atoms with E-state index >= 15 is 0 Å². The van der Waals surface area contributed by atoms with Gasteiger partial charge in [0.2, 0.25) is 5.91 Å². The van der Waals surface area contributed by atoms with Crippen molar-refractivity contribution in [1.82, 2.24) is 4.90 Å². The fourth-order valence-corrected chi connectivity index (χ4v) is 3.11. The number of nitrogens with zero attached hydrogens (tertiary/aromatic N) is 1. The van der Waals surface area contributed by atoms with Crippen LogP contribution in [0.4, 0.5) is 0 Å². The molecule has 1 N–H and O–H groups in total. The molecule has 0 unspecified atom stereocenters. The number of amides is 1. The molecule has 1 atom stereocenters. The van der Waals surface area contributed by atoms with Crippen LogP contribution in [0.1, 0.15) is 77.6 Å². The van der Waals surface area contributed by atoms with Crippen molar-refractivity contribution in [3.8, 4) is 0 Å². The molecule has 0 spiro atoms. The minimum Gasteiger partial charge on any atom is -0.480 e. The van der Waals surface area contributed by atoms with E-state index in [1.54, 1.807) is 18.8 Å². The summed E-state index contributed by atoms with van der Waals surface area (Å²) >= 11 is 1.61. The number of halogens is 1. The zero-order valence-corrected chi connectivity index (χ0v) is 18.7. The Morgan fingerprint density at radius 2 is 1.48 bits per heavy atom. The summed E-state index contributed by atoms with van der Waals surface area (Å²) < 4.78 is 0. The molecule has 0 aromatic carbocycles. The van der Waals surface area contributed by atoms with Gasteiger partial charge in [-0.15, -0.1) is 12.4 Å². The van der Waals surface area contributed by atoms with Crippen LogP contribution in [0.2, 0.25) is 0 Å². The molecule has 0 radical (unpaired) electrons. The number of carbonyl (C=O) groups is 2. The Kier molecular flexibility index (Phi) is 24.0. The van der Waals surface area contributed by atoms with E-state index in [1.165, 1.54) is 49.8 Å². The second-order valence-corrected chi connectivity index (χ2v) is 7.20. The first-order valence-electron chi connectivity index (χ1n) is 9.02. The van der Waals surface area contributed by atoms with E-state index in [1.807, 2.05) is 6.26 Å². The molecule has 0 rings (SSSR count). The van der Waals surface area contributed by atoms with Crippen LogP contribution < -0.4 is 0 Å². The van der Waals surface area contributed by atoms with Crippen LogP contribution in [0.15, 0.2) is 0 Å². The first kappa shape index (κ1) is 29.7. The molecule has 1 amide bonds. The number of unbranched alkanes of at least 4 members (excludes halogenated alkanes) is 8. The van der Waals surface area contributed by atoms with Crippen LogP contribution in [-0.2, 0) is 9.59 Å². The Morgan fingerprint density at radius 3 is 1.92 bits per heavy atom. The van der Waals surface area contributed by atoms with Crippen molar-refractivity contribution in [1.29, 1.82) is 0 Å². The van der Waals surface area contributed by atoms with Crippen molar-refractivity contribution in [3.05, 3.63) is 0 Å². The molecule has 152 valence electrons. The lowest BCUT2D eigenvalue weighted by Gasteiger charge is -2.24.